The van der Waals surface area contributed by atoms with Gasteiger partial charge in [0.2, 0.25) is 0 Å². The number of nitrogens with zero attached hydrogens (tertiary/aromatic N) is 2. The Hall–Kier alpha value is -0.810. The molecule has 0 bridgehead atoms. The van der Waals surface area contributed by atoms with E-state index in [-0.39, 0.29) is 6.03 Å². The number of carbonyl (C=O) groups is 1. The fourth-order valence-electron chi connectivity index (χ4n) is 3.71. The van der Waals surface area contributed by atoms with Crippen molar-refractivity contribution in [3.63, 3.8) is 0 Å². The predicted octanol–water partition coefficient (Wildman–Crippen LogP) is 0.332. The highest BCUT2D eigenvalue weighted by Crippen LogP contribution is 2.23. The SMILES string of the molecule is CN1CCC(C2CN(CC3CCNCC3)C(=O)N2)C1. The van der Waals surface area contributed by atoms with E-state index in [9.17, 15) is 4.79 Å². The largest absolute Gasteiger partial charge is 0.333 e. The molecule has 3 heterocycles. The number of rotatable bonds is 3. The minimum Gasteiger partial charge on any atom is -0.333 e. The molecule has 3 aliphatic heterocycles. The van der Waals surface area contributed by atoms with E-state index in [0.29, 0.717) is 17.9 Å². The van der Waals surface area contributed by atoms with Crippen LogP contribution < -0.4 is 10.6 Å². The van der Waals surface area contributed by atoms with Gasteiger partial charge in [0.1, 0.15) is 0 Å². The number of carbonyl (C=O) groups excluding carboxylic acids is 1. The fourth-order valence-corrected chi connectivity index (χ4v) is 3.71. The van der Waals surface area contributed by atoms with Crippen LogP contribution in [-0.4, -0.2) is 68.2 Å². The topological polar surface area (TPSA) is 47.6 Å². The van der Waals surface area contributed by atoms with Gasteiger partial charge in [-0.3, -0.25) is 0 Å². The lowest BCUT2D eigenvalue weighted by atomic mass is 9.96. The Labute approximate surface area is 115 Å². The van der Waals surface area contributed by atoms with Crippen LogP contribution in [0.5, 0.6) is 0 Å². The first-order chi connectivity index (χ1) is 9.22. The van der Waals surface area contributed by atoms with Gasteiger partial charge in [-0.05, 0) is 57.8 Å². The normalized spacial score (nSPS) is 33.9. The monoisotopic (exact) mass is 266 g/mol. The van der Waals surface area contributed by atoms with Crippen molar-refractivity contribution >= 4 is 6.03 Å². The zero-order valence-electron chi connectivity index (χ0n) is 11.9. The molecule has 0 saturated carbocycles. The van der Waals surface area contributed by atoms with Crippen molar-refractivity contribution in [2.24, 2.45) is 11.8 Å². The number of amides is 2. The lowest BCUT2D eigenvalue weighted by molar-refractivity contribution is 0.200. The van der Waals surface area contributed by atoms with Crippen LogP contribution in [0, 0.1) is 11.8 Å². The maximum absolute atomic E-state index is 12.1. The number of hydrogen-bond acceptors (Lipinski definition) is 3. The van der Waals surface area contributed by atoms with Gasteiger partial charge >= 0.3 is 6.03 Å². The highest BCUT2D eigenvalue weighted by atomic mass is 16.2. The van der Waals surface area contributed by atoms with Crippen molar-refractivity contribution in [2.45, 2.75) is 25.3 Å². The molecule has 0 aromatic heterocycles. The summed E-state index contributed by atoms with van der Waals surface area (Å²) in [5.41, 5.74) is 0. The molecule has 0 spiro atoms. The van der Waals surface area contributed by atoms with E-state index in [1.165, 1.54) is 25.8 Å². The molecule has 3 aliphatic rings. The second-order valence-corrected chi connectivity index (χ2v) is 6.47. The number of likely N-dealkylation sites (tertiary alicyclic amines) is 1. The molecule has 3 saturated heterocycles. The Bertz CT molecular complexity index is 329. The van der Waals surface area contributed by atoms with Gasteiger partial charge in [-0.1, -0.05) is 0 Å². The second kappa shape index (κ2) is 5.67. The van der Waals surface area contributed by atoms with Crippen molar-refractivity contribution in [2.75, 3.05) is 46.3 Å². The number of nitrogens with one attached hydrogen (secondary N) is 2. The molecule has 5 heteroatoms. The van der Waals surface area contributed by atoms with E-state index < -0.39 is 0 Å². The standard InChI is InChI=1S/C14H26N4O/c1-17-7-4-12(9-17)13-10-18(14(19)16-13)8-11-2-5-15-6-3-11/h11-13,15H,2-10H2,1H3,(H,16,19). The van der Waals surface area contributed by atoms with Crippen molar-refractivity contribution < 1.29 is 4.79 Å². The molecule has 19 heavy (non-hydrogen) atoms. The second-order valence-electron chi connectivity index (χ2n) is 6.47. The highest BCUT2D eigenvalue weighted by Gasteiger charge is 2.37. The molecule has 2 unspecified atom stereocenters. The third kappa shape index (κ3) is 3.03. The lowest BCUT2D eigenvalue weighted by Crippen LogP contribution is -2.37. The zero-order chi connectivity index (χ0) is 13.2. The number of hydrogen-bond donors (Lipinski definition) is 2. The summed E-state index contributed by atoms with van der Waals surface area (Å²) in [6.45, 7) is 6.39. The first kappa shape index (κ1) is 13.2. The maximum Gasteiger partial charge on any atom is 0.317 e. The van der Waals surface area contributed by atoms with Crippen molar-refractivity contribution in [1.29, 1.82) is 0 Å². The highest BCUT2D eigenvalue weighted by molar-refractivity contribution is 5.77. The zero-order valence-corrected chi connectivity index (χ0v) is 11.9. The van der Waals surface area contributed by atoms with Crippen molar-refractivity contribution in [3.8, 4) is 0 Å². The molecule has 2 atom stereocenters. The van der Waals surface area contributed by atoms with Gasteiger partial charge in [-0.15, -0.1) is 0 Å². The van der Waals surface area contributed by atoms with Crippen LogP contribution >= 0.6 is 0 Å². The Kier molecular flexibility index (Phi) is 3.93. The summed E-state index contributed by atoms with van der Waals surface area (Å²) < 4.78 is 0. The third-order valence-corrected chi connectivity index (χ3v) is 4.95. The Morgan fingerprint density at radius 1 is 1.21 bits per heavy atom. The van der Waals surface area contributed by atoms with Gasteiger partial charge in [0.15, 0.2) is 0 Å². The summed E-state index contributed by atoms with van der Waals surface area (Å²) in [7, 11) is 2.17. The van der Waals surface area contributed by atoms with E-state index in [2.05, 4.69) is 27.5 Å². The van der Waals surface area contributed by atoms with Crippen LogP contribution in [0.15, 0.2) is 0 Å². The molecule has 5 nitrogen and oxygen atoms in total. The molecule has 3 fully saturated rings. The minimum absolute atomic E-state index is 0.165. The quantitative estimate of drug-likeness (QED) is 0.774. The molecule has 0 aromatic carbocycles. The molecule has 0 radical (unpaired) electrons. The first-order valence-corrected chi connectivity index (χ1v) is 7.67. The van der Waals surface area contributed by atoms with E-state index >= 15 is 0 Å². The Morgan fingerprint density at radius 2 is 2.00 bits per heavy atom. The molecule has 2 amide bonds. The fraction of sp³-hybridized carbons (Fsp3) is 0.929. The molecule has 0 aromatic rings. The smallest absolute Gasteiger partial charge is 0.317 e. The summed E-state index contributed by atoms with van der Waals surface area (Å²) in [5.74, 6) is 1.34. The van der Waals surface area contributed by atoms with E-state index in [0.717, 1.165) is 32.7 Å². The van der Waals surface area contributed by atoms with Gasteiger partial charge in [-0.2, -0.15) is 0 Å². The summed E-state index contributed by atoms with van der Waals surface area (Å²) in [6.07, 6.45) is 3.64. The van der Waals surface area contributed by atoms with Crippen molar-refractivity contribution in [1.82, 2.24) is 20.4 Å². The van der Waals surface area contributed by atoms with Gasteiger partial charge in [0, 0.05) is 19.6 Å². The third-order valence-electron chi connectivity index (χ3n) is 4.95. The van der Waals surface area contributed by atoms with E-state index in [4.69, 9.17) is 0 Å². The molecule has 3 rings (SSSR count). The van der Waals surface area contributed by atoms with Crippen LogP contribution in [0.1, 0.15) is 19.3 Å². The lowest BCUT2D eigenvalue weighted by Gasteiger charge is -2.27. The van der Waals surface area contributed by atoms with Crippen LogP contribution in [0.4, 0.5) is 4.79 Å². The summed E-state index contributed by atoms with van der Waals surface area (Å²) >= 11 is 0. The Morgan fingerprint density at radius 3 is 2.68 bits per heavy atom. The summed E-state index contributed by atoms with van der Waals surface area (Å²) in [5, 5.41) is 6.59. The molecular formula is C14H26N4O. The minimum atomic E-state index is 0.165. The number of piperidine rings is 1. The maximum atomic E-state index is 12.1. The first-order valence-electron chi connectivity index (χ1n) is 7.67. The van der Waals surface area contributed by atoms with E-state index in [1.54, 1.807) is 0 Å². The van der Waals surface area contributed by atoms with Gasteiger partial charge in [0.25, 0.3) is 0 Å². The van der Waals surface area contributed by atoms with Crippen LogP contribution in [0.3, 0.4) is 0 Å². The number of urea groups is 1. The average molecular weight is 266 g/mol. The van der Waals surface area contributed by atoms with Gasteiger partial charge in [-0.25, -0.2) is 4.79 Å². The Balaban J connectivity index is 1.51. The summed E-state index contributed by atoms with van der Waals surface area (Å²) in [4.78, 5) is 16.5. The molecule has 0 aliphatic carbocycles. The average Bonchev–Trinajstić information content (AvgIpc) is 2.98. The van der Waals surface area contributed by atoms with E-state index in [1.807, 2.05) is 0 Å². The summed E-state index contributed by atoms with van der Waals surface area (Å²) in [6, 6.07) is 0.539. The van der Waals surface area contributed by atoms with Crippen molar-refractivity contribution in [3.05, 3.63) is 0 Å². The van der Waals surface area contributed by atoms with Gasteiger partial charge in [0.05, 0.1) is 6.04 Å². The van der Waals surface area contributed by atoms with Crippen LogP contribution in [0.25, 0.3) is 0 Å². The predicted molar refractivity (Wildman–Crippen MR) is 75.1 cm³/mol. The molecule has 108 valence electrons. The van der Waals surface area contributed by atoms with Crippen LogP contribution in [0.2, 0.25) is 0 Å². The van der Waals surface area contributed by atoms with Gasteiger partial charge < -0.3 is 20.4 Å². The molecular weight excluding hydrogens is 240 g/mol. The molecule has 2 N–H and O–H groups in total. The van der Waals surface area contributed by atoms with Crippen LogP contribution in [-0.2, 0) is 0 Å².